The summed E-state index contributed by atoms with van der Waals surface area (Å²) in [6.07, 6.45) is 3.99. The van der Waals surface area contributed by atoms with Gasteiger partial charge in [0.2, 0.25) is 0 Å². The van der Waals surface area contributed by atoms with E-state index in [0.717, 1.165) is 31.4 Å². The zero-order chi connectivity index (χ0) is 14.6. The van der Waals surface area contributed by atoms with Crippen LogP contribution in [0.4, 0.5) is 0 Å². The topological polar surface area (TPSA) is 50.9 Å². The maximum atomic E-state index is 11.6. The molecule has 2 aliphatic carbocycles. The molecule has 4 nitrogen and oxygen atoms in total. The lowest BCUT2D eigenvalue weighted by molar-refractivity contribution is -0.0470. The molecule has 2 aliphatic rings. The van der Waals surface area contributed by atoms with E-state index in [1.807, 2.05) is 7.05 Å². The van der Waals surface area contributed by atoms with Crippen molar-refractivity contribution in [2.75, 3.05) is 0 Å². The third-order valence-electron chi connectivity index (χ3n) is 5.32. The van der Waals surface area contributed by atoms with Gasteiger partial charge in [0, 0.05) is 7.05 Å². The number of aromatic nitrogens is 3. The molecule has 1 saturated carbocycles. The summed E-state index contributed by atoms with van der Waals surface area (Å²) >= 11 is 3.48. The molecule has 21 heavy (non-hydrogen) atoms. The van der Waals surface area contributed by atoms with E-state index < -0.39 is 5.60 Å². The van der Waals surface area contributed by atoms with Gasteiger partial charge in [-0.15, -0.1) is 5.10 Å². The summed E-state index contributed by atoms with van der Waals surface area (Å²) in [6, 6.07) is 8.59. The van der Waals surface area contributed by atoms with Crippen molar-refractivity contribution in [3.05, 3.63) is 45.7 Å². The van der Waals surface area contributed by atoms with Crippen molar-refractivity contribution in [2.24, 2.45) is 18.9 Å². The molecule has 0 spiro atoms. The minimum atomic E-state index is -0.837. The summed E-state index contributed by atoms with van der Waals surface area (Å²) in [4.78, 5) is 0. The number of rotatable bonds is 1. The molecule has 1 fully saturated rings. The van der Waals surface area contributed by atoms with Crippen molar-refractivity contribution in [3.8, 4) is 0 Å². The first-order valence-corrected chi connectivity index (χ1v) is 8.24. The van der Waals surface area contributed by atoms with Crippen LogP contribution >= 0.6 is 15.9 Å². The van der Waals surface area contributed by atoms with Crippen LogP contribution in [-0.4, -0.2) is 20.1 Å². The molecule has 2 unspecified atom stereocenters. The Morgan fingerprint density at radius 1 is 1.19 bits per heavy atom. The molecule has 0 saturated heterocycles. The fourth-order valence-corrected chi connectivity index (χ4v) is 4.97. The van der Waals surface area contributed by atoms with Gasteiger partial charge in [0.25, 0.3) is 0 Å². The highest BCUT2D eigenvalue weighted by Gasteiger charge is 2.54. The highest BCUT2D eigenvalue weighted by Crippen LogP contribution is 2.53. The van der Waals surface area contributed by atoms with E-state index in [1.54, 1.807) is 4.68 Å². The number of hydrogen-bond acceptors (Lipinski definition) is 3. The first-order valence-electron chi connectivity index (χ1n) is 7.45. The molecule has 1 aromatic carbocycles. The second-order valence-electron chi connectivity index (χ2n) is 6.33. The molecule has 110 valence electrons. The number of nitrogens with zero attached hydrogens (tertiary/aromatic N) is 3. The number of aryl methyl sites for hydroxylation is 1. The normalized spacial score (nSPS) is 31.0. The molecule has 4 rings (SSSR count). The minimum Gasteiger partial charge on any atom is -0.383 e. The van der Waals surface area contributed by atoms with E-state index in [2.05, 4.69) is 50.5 Å². The van der Waals surface area contributed by atoms with Crippen molar-refractivity contribution >= 4 is 15.9 Å². The summed E-state index contributed by atoms with van der Waals surface area (Å²) in [5.74, 6) is 0.472. The van der Waals surface area contributed by atoms with E-state index in [1.165, 1.54) is 11.1 Å². The van der Waals surface area contributed by atoms with E-state index in [4.69, 9.17) is 0 Å². The predicted molar refractivity (Wildman–Crippen MR) is 82.7 cm³/mol. The van der Waals surface area contributed by atoms with E-state index in [-0.39, 0.29) is 11.8 Å². The highest BCUT2D eigenvalue weighted by molar-refractivity contribution is 9.10. The van der Waals surface area contributed by atoms with Gasteiger partial charge in [-0.25, -0.2) is 4.68 Å². The predicted octanol–water partition coefficient (Wildman–Crippen LogP) is 2.59. The van der Waals surface area contributed by atoms with Crippen LogP contribution in [0.15, 0.2) is 28.9 Å². The number of halogens is 1. The molecule has 2 bridgehead atoms. The van der Waals surface area contributed by atoms with Gasteiger partial charge in [-0.3, -0.25) is 0 Å². The van der Waals surface area contributed by atoms with Crippen molar-refractivity contribution in [1.82, 2.24) is 15.0 Å². The van der Waals surface area contributed by atoms with Crippen LogP contribution in [-0.2, 0) is 25.5 Å². The van der Waals surface area contributed by atoms with Crippen LogP contribution in [0.25, 0.3) is 0 Å². The Balaban J connectivity index is 1.85. The zero-order valence-electron chi connectivity index (χ0n) is 12.0. The van der Waals surface area contributed by atoms with Crippen LogP contribution in [0, 0.1) is 11.8 Å². The van der Waals surface area contributed by atoms with Crippen molar-refractivity contribution in [1.29, 1.82) is 0 Å². The molecule has 5 heteroatoms. The first kappa shape index (κ1) is 13.5. The summed E-state index contributed by atoms with van der Waals surface area (Å²) in [6.45, 7) is 0. The lowest BCUT2D eigenvalue weighted by Crippen LogP contribution is -2.39. The number of fused-ring (bicyclic) bond motifs is 3. The van der Waals surface area contributed by atoms with Crippen LogP contribution in [0.5, 0.6) is 0 Å². The van der Waals surface area contributed by atoms with Crippen LogP contribution in [0.2, 0.25) is 0 Å². The summed E-state index contributed by atoms with van der Waals surface area (Å²) < 4.78 is 2.40. The van der Waals surface area contributed by atoms with Gasteiger partial charge in [0.15, 0.2) is 4.60 Å². The number of hydrogen-bond donors (Lipinski definition) is 1. The van der Waals surface area contributed by atoms with Crippen LogP contribution < -0.4 is 0 Å². The Labute approximate surface area is 132 Å². The van der Waals surface area contributed by atoms with Crippen molar-refractivity contribution in [2.45, 2.75) is 31.3 Å². The van der Waals surface area contributed by atoms with Crippen molar-refractivity contribution in [3.63, 3.8) is 0 Å². The standard InChI is InChI=1S/C16H18BrN3O/c1-20-14(15(17)18-19-20)16(21)12-6-7-13(16)9-11-5-3-2-4-10(11)8-12/h2-5,12-13,21H,6-9H2,1H3. The average Bonchev–Trinajstić information content (AvgIpc) is 2.89. The van der Waals surface area contributed by atoms with Gasteiger partial charge < -0.3 is 5.11 Å². The minimum absolute atomic E-state index is 0.236. The lowest BCUT2D eigenvalue weighted by atomic mass is 9.80. The van der Waals surface area contributed by atoms with Gasteiger partial charge in [0.1, 0.15) is 11.3 Å². The molecular formula is C16H18BrN3O. The molecule has 0 radical (unpaired) electrons. The highest BCUT2D eigenvalue weighted by atomic mass is 79.9. The summed E-state index contributed by atoms with van der Waals surface area (Å²) in [5, 5.41) is 19.8. The number of benzene rings is 1. The maximum absolute atomic E-state index is 11.6. The largest absolute Gasteiger partial charge is 0.383 e. The summed E-state index contributed by atoms with van der Waals surface area (Å²) in [7, 11) is 1.86. The van der Waals surface area contributed by atoms with E-state index in [9.17, 15) is 5.11 Å². The Kier molecular flexibility index (Phi) is 2.98. The zero-order valence-corrected chi connectivity index (χ0v) is 13.5. The third kappa shape index (κ3) is 1.83. The Morgan fingerprint density at radius 3 is 2.24 bits per heavy atom. The van der Waals surface area contributed by atoms with Gasteiger partial charge in [-0.05, 0) is 64.6 Å². The monoisotopic (exact) mass is 347 g/mol. The fraction of sp³-hybridized carbons (Fsp3) is 0.500. The molecule has 1 heterocycles. The SMILES string of the molecule is Cn1nnc(Br)c1C1(O)C2CCC1Cc1ccccc1C2. The molecule has 1 N–H and O–H groups in total. The maximum Gasteiger partial charge on any atom is 0.154 e. The second-order valence-corrected chi connectivity index (χ2v) is 7.08. The lowest BCUT2D eigenvalue weighted by Gasteiger charge is -2.33. The Hall–Kier alpha value is -1.20. The molecule has 0 aliphatic heterocycles. The van der Waals surface area contributed by atoms with Crippen LogP contribution in [0.1, 0.15) is 29.7 Å². The van der Waals surface area contributed by atoms with Gasteiger partial charge in [-0.2, -0.15) is 0 Å². The molecule has 2 atom stereocenters. The second kappa shape index (κ2) is 4.65. The van der Waals surface area contributed by atoms with Crippen molar-refractivity contribution < 1.29 is 5.11 Å². The molecule has 1 aromatic heterocycles. The van der Waals surface area contributed by atoms with Gasteiger partial charge >= 0.3 is 0 Å². The first-order chi connectivity index (χ1) is 10.1. The Bertz CT molecular complexity index is 644. The summed E-state index contributed by atoms with van der Waals surface area (Å²) in [5.41, 5.74) is 2.77. The fourth-order valence-electron chi connectivity index (χ4n) is 4.32. The molecule has 2 aromatic rings. The van der Waals surface area contributed by atoms with Crippen LogP contribution in [0.3, 0.4) is 0 Å². The van der Waals surface area contributed by atoms with Gasteiger partial charge in [-0.1, -0.05) is 29.5 Å². The van der Waals surface area contributed by atoms with E-state index in [0.29, 0.717) is 4.60 Å². The molecule has 0 amide bonds. The quantitative estimate of drug-likeness (QED) is 0.862. The smallest absolute Gasteiger partial charge is 0.154 e. The third-order valence-corrected chi connectivity index (χ3v) is 5.86. The Morgan fingerprint density at radius 2 is 1.76 bits per heavy atom. The van der Waals surface area contributed by atoms with E-state index >= 15 is 0 Å². The molecular weight excluding hydrogens is 330 g/mol. The number of aliphatic hydroxyl groups is 1. The average molecular weight is 348 g/mol. The van der Waals surface area contributed by atoms with Gasteiger partial charge in [0.05, 0.1) is 0 Å².